The van der Waals surface area contributed by atoms with Gasteiger partial charge in [-0.1, -0.05) is 30.3 Å². The minimum atomic E-state index is -0.431. The van der Waals surface area contributed by atoms with Gasteiger partial charge in [0.05, 0.1) is 0 Å². The average molecular weight is 318 g/mol. The van der Waals surface area contributed by atoms with E-state index in [1.54, 1.807) is 11.9 Å². The van der Waals surface area contributed by atoms with Gasteiger partial charge in [0.15, 0.2) is 0 Å². The van der Waals surface area contributed by atoms with E-state index in [1.165, 1.54) is 12.0 Å². The van der Waals surface area contributed by atoms with E-state index in [1.807, 2.05) is 20.8 Å². The molecule has 1 aliphatic carbocycles. The predicted molar refractivity (Wildman–Crippen MR) is 93.7 cm³/mol. The Labute approximate surface area is 140 Å². The molecule has 2 unspecified atom stereocenters. The molecule has 1 aromatic carbocycles. The molecule has 1 amide bonds. The van der Waals surface area contributed by atoms with E-state index in [0.29, 0.717) is 12.0 Å². The second-order valence-electron chi connectivity index (χ2n) is 7.56. The van der Waals surface area contributed by atoms with Gasteiger partial charge in [-0.3, -0.25) is 0 Å². The van der Waals surface area contributed by atoms with Gasteiger partial charge in [-0.2, -0.15) is 0 Å². The van der Waals surface area contributed by atoms with Gasteiger partial charge < -0.3 is 14.5 Å². The van der Waals surface area contributed by atoms with Crippen molar-refractivity contribution in [3.8, 4) is 0 Å². The molecule has 0 heterocycles. The van der Waals surface area contributed by atoms with Crippen LogP contribution in [-0.2, 0) is 4.74 Å². The summed E-state index contributed by atoms with van der Waals surface area (Å²) in [5.74, 6) is 0.671. The van der Waals surface area contributed by atoms with Crippen molar-refractivity contribution in [1.29, 1.82) is 0 Å². The fourth-order valence-corrected chi connectivity index (χ4v) is 2.88. The second-order valence-corrected chi connectivity index (χ2v) is 7.56. The van der Waals surface area contributed by atoms with Crippen LogP contribution in [0.3, 0.4) is 0 Å². The lowest BCUT2D eigenvalue weighted by molar-refractivity contribution is 0.0293. The summed E-state index contributed by atoms with van der Waals surface area (Å²) in [6.07, 6.45) is 1.96. The van der Waals surface area contributed by atoms with Gasteiger partial charge in [-0.25, -0.2) is 4.79 Å². The number of likely N-dealkylation sites (N-methyl/N-ethyl adjacent to an activating group) is 1. The van der Waals surface area contributed by atoms with Crippen LogP contribution in [0.1, 0.15) is 45.1 Å². The van der Waals surface area contributed by atoms with Crippen molar-refractivity contribution in [2.45, 2.75) is 51.2 Å². The minimum absolute atomic E-state index is 0.242. The molecule has 1 saturated carbocycles. The number of ether oxygens (including phenoxy) is 1. The quantitative estimate of drug-likeness (QED) is 0.801. The van der Waals surface area contributed by atoms with Gasteiger partial charge in [-0.05, 0) is 52.8 Å². The van der Waals surface area contributed by atoms with Crippen molar-refractivity contribution in [1.82, 2.24) is 9.80 Å². The van der Waals surface area contributed by atoms with E-state index in [2.05, 4.69) is 42.3 Å². The minimum Gasteiger partial charge on any atom is -0.444 e. The van der Waals surface area contributed by atoms with Gasteiger partial charge in [0.25, 0.3) is 0 Å². The van der Waals surface area contributed by atoms with Crippen LogP contribution in [0.5, 0.6) is 0 Å². The zero-order chi connectivity index (χ0) is 17.0. The normalized spacial score (nSPS) is 20.4. The van der Waals surface area contributed by atoms with Gasteiger partial charge in [0.1, 0.15) is 5.60 Å². The molecule has 4 nitrogen and oxygen atoms in total. The Morgan fingerprint density at radius 3 is 2.43 bits per heavy atom. The number of rotatable bonds is 6. The Morgan fingerprint density at radius 1 is 1.17 bits per heavy atom. The standard InChI is InChI=1S/C19H30N2O2/c1-19(2,3)23-18(22)21(5)13-9-12-20(4)17-14-16(17)15-10-7-6-8-11-15/h6-8,10-11,16-17H,9,12-14H2,1-5H3. The average Bonchev–Trinajstić information content (AvgIpc) is 3.26. The molecule has 0 N–H and O–H groups in total. The third kappa shape index (κ3) is 5.54. The highest BCUT2D eigenvalue weighted by Crippen LogP contribution is 2.43. The molecule has 128 valence electrons. The molecule has 1 aliphatic rings. The number of hydrogen-bond donors (Lipinski definition) is 0. The zero-order valence-electron chi connectivity index (χ0n) is 15.1. The van der Waals surface area contributed by atoms with Crippen molar-refractivity contribution in [3.05, 3.63) is 35.9 Å². The van der Waals surface area contributed by atoms with Gasteiger partial charge >= 0.3 is 6.09 Å². The van der Waals surface area contributed by atoms with E-state index < -0.39 is 5.60 Å². The molecule has 0 aliphatic heterocycles. The summed E-state index contributed by atoms with van der Waals surface area (Å²) in [4.78, 5) is 16.0. The summed E-state index contributed by atoms with van der Waals surface area (Å²) in [6, 6.07) is 11.4. The van der Waals surface area contributed by atoms with Gasteiger partial charge in [-0.15, -0.1) is 0 Å². The van der Waals surface area contributed by atoms with Crippen LogP contribution in [0.2, 0.25) is 0 Å². The Morgan fingerprint density at radius 2 is 1.83 bits per heavy atom. The summed E-state index contributed by atoms with van der Waals surface area (Å²) in [7, 11) is 3.99. The molecule has 0 bridgehead atoms. The van der Waals surface area contributed by atoms with Crippen LogP contribution in [0.15, 0.2) is 30.3 Å². The van der Waals surface area contributed by atoms with Crippen LogP contribution in [-0.4, -0.2) is 54.7 Å². The smallest absolute Gasteiger partial charge is 0.410 e. The van der Waals surface area contributed by atoms with E-state index in [0.717, 1.165) is 19.5 Å². The van der Waals surface area contributed by atoms with Crippen LogP contribution < -0.4 is 0 Å². The van der Waals surface area contributed by atoms with Crippen molar-refractivity contribution in [2.75, 3.05) is 27.2 Å². The van der Waals surface area contributed by atoms with Crippen molar-refractivity contribution < 1.29 is 9.53 Å². The molecule has 0 spiro atoms. The molecule has 1 fully saturated rings. The maximum atomic E-state index is 11.9. The Kier molecular flexibility index (Phi) is 5.69. The van der Waals surface area contributed by atoms with E-state index in [9.17, 15) is 4.79 Å². The molecule has 0 aromatic heterocycles. The fraction of sp³-hybridized carbons (Fsp3) is 0.632. The Balaban J connectivity index is 1.68. The molecule has 2 atom stereocenters. The Bertz CT molecular complexity index is 510. The molecule has 0 radical (unpaired) electrons. The lowest BCUT2D eigenvalue weighted by Gasteiger charge is -2.25. The van der Waals surface area contributed by atoms with Crippen molar-refractivity contribution in [2.24, 2.45) is 0 Å². The van der Waals surface area contributed by atoms with Crippen molar-refractivity contribution >= 4 is 6.09 Å². The maximum Gasteiger partial charge on any atom is 0.410 e. The lowest BCUT2D eigenvalue weighted by Crippen LogP contribution is -2.36. The second kappa shape index (κ2) is 7.35. The van der Waals surface area contributed by atoms with E-state index in [4.69, 9.17) is 4.74 Å². The van der Waals surface area contributed by atoms with Crippen LogP contribution >= 0.6 is 0 Å². The molecule has 4 heteroatoms. The molecule has 1 aromatic rings. The summed E-state index contributed by atoms with van der Waals surface area (Å²) in [6.45, 7) is 7.40. The monoisotopic (exact) mass is 318 g/mol. The number of carbonyl (C=O) groups is 1. The first kappa shape index (κ1) is 17.8. The molecule has 2 rings (SSSR count). The van der Waals surface area contributed by atoms with E-state index >= 15 is 0 Å². The highest BCUT2D eigenvalue weighted by atomic mass is 16.6. The SMILES string of the molecule is CN(CCCN(C)C1CC1c1ccccc1)C(=O)OC(C)(C)C. The topological polar surface area (TPSA) is 32.8 Å². The first-order valence-electron chi connectivity index (χ1n) is 8.47. The maximum absolute atomic E-state index is 11.9. The highest BCUT2D eigenvalue weighted by molar-refractivity contribution is 5.67. The summed E-state index contributed by atoms with van der Waals surface area (Å²) in [5, 5.41) is 0. The third-order valence-electron chi connectivity index (χ3n) is 4.26. The molecule has 0 saturated heterocycles. The molecular weight excluding hydrogens is 288 g/mol. The third-order valence-corrected chi connectivity index (χ3v) is 4.26. The van der Waals surface area contributed by atoms with Crippen LogP contribution in [0.25, 0.3) is 0 Å². The Hall–Kier alpha value is -1.55. The summed E-state index contributed by atoms with van der Waals surface area (Å²) in [5.41, 5.74) is 1.01. The zero-order valence-corrected chi connectivity index (χ0v) is 15.1. The van der Waals surface area contributed by atoms with E-state index in [-0.39, 0.29) is 6.09 Å². The lowest BCUT2D eigenvalue weighted by atomic mass is 10.1. The largest absolute Gasteiger partial charge is 0.444 e. The summed E-state index contributed by atoms with van der Waals surface area (Å²) < 4.78 is 5.37. The molecular formula is C19H30N2O2. The predicted octanol–water partition coefficient (Wildman–Crippen LogP) is 3.73. The number of carbonyl (C=O) groups excluding carboxylic acids is 1. The number of benzene rings is 1. The first-order chi connectivity index (χ1) is 10.8. The number of hydrogen-bond acceptors (Lipinski definition) is 3. The molecule has 23 heavy (non-hydrogen) atoms. The van der Waals surface area contributed by atoms with Crippen LogP contribution in [0.4, 0.5) is 4.79 Å². The van der Waals surface area contributed by atoms with Crippen LogP contribution in [0, 0.1) is 0 Å². The highest BCUT2D eigenvalue weighted by Gasteiger charge is 2.40. The summed E-state index contributed by atoms with van der Waals surface area (Å²) >= 11 is 0. The fourth-order valence-electron chi connectivity index (χ4n) is 2.88. The first-order valence-corrected chi connectivity index (χ1v) is 8.47. The van der Waals surface area contributed by atoms with Gasteiger partial charge in [0, 0.05) is 25.6 Å². The number of nitrogens with zero attached hydrogens (tertiary/aromatic N) is 2. The van der Waals surface area contributed by atoms with Crippen molar-refractivity contribution in [3.63, 3.8) is 0 Å². The number of amides is 1. The van der Waals surface area contributed by atoms with Gasteiger partial charge in [0.2, 0.25) is 0 Å².